The minimum Gasteiger partial charge on any atom is -0.375 e. The van der Waals surface area contributed by atoms with Crippen molar-refractivity contribution in [2.45, 2.75) is 0 Å². The number of nitrogens with zero attached hydrogens (tertiary/aromatic N) is 6. The van der Waals surface area contributed by atoms with Crippen LogP contribution in [-0.4, -0.2) is 70.3 Å². The number of anilines is 1. The van der Waals surface area contributed by atoms with E-state index in [1.807, 2.05) is 57.8 Å². The Kier molecular flexibility index (Phi) is 5.17. The molecule has 158 valence electrons. The van der Waals surface area contributed by atoms with Gasteiger partial charge in [0.15, 0.2) is 11.5 Å². The van der Waals surface area contributed by atoms with Crippen molar-refractivity contribution in [1.29, 1.82) is 0 Å². The summed E-state index contributed by atoms with van der Waals surface area (Å²) in [6, 6.07) is 15.5. The van der Waals surface area contributed by atoms with Crippen molar-refractivity contribution in [2.24, 2.45) is 0 Å². The number of amides is 1. The van der Waals surface area contributed by atoms with Crippen molar-refractivity contribution in [1.82, 2.24) is 24.5 Å². The molecule has 5 rings (SSSR count). The second-order valence-electron chi connectivity index (χ2n) is 7.42. The first-order valence-electron chi connectivity index (χ1n) is 10.1. The molecule has 9 heteroatoms. The first-order chi connectivity index (χ1) is 15.2. The summed E-state index contributed by atoms with van der Waals surface area (Å²) in [4.78, 5) is 21.2. The number of hydrogen-bond acceptors (Lipinski definition) is 6. The van der Waals surface area contributed by atoms with E-state index in [0.717, 1.165) is 28.1 Å². The predicted molar refractivity (Wildman–Crippen MR) is 119 cm³/mol. The molecule has 3 heterocycles. The van der Waals surface area contributed by atoms with Crippen molar-refractivity contribution in [3.05, 3.63) is 53.6 Å². The lowest BCUT2D eigenvalue weighted by Crippen LogP contribution is -2.50. The number of hydrogen-bond donors (Lipinski definition) is 0. The number of ether oxygens (including phenoxy) is 1. The van der Waals surface area contributed by atoms with Crippen LogP contribution in [0, 0.1) is 0 Å². The van der Waals surface area contributed by atoms with Crippen LogP contribution in [0.2, 0.25) is 5.02 Å². The van der Waals surface area contributed by atoms with E-state index in [2.05, 4.69) is 15.1 Å². The molecule has 0 spiro atoms. The Morgan fingerprint density at radius 3 is 2.52 bits per heavy atom. The van der Waals surface area contributed by atoms with Gasteiger partial charge in [-0.3, -0.25) is 4.79 Å². The third-order valence-electron chi connectivity index (χ3n) is 5.51. The van der Waals surface area contributed by atoms with Gasteiger partial charge in [-0.1, -0.05) is 23.7 Å². The van der Waals surface area contributed by atoms with Crippen LogP contribution in [-0.2, 0) is 9.53 Å². The van der Waals surface area contributed by atoms with Gasteiger partial charge in [-0.25, -0.2) is 9.38 Å². The second kappa shape index (κ2) is 8.13. The van der Waals surface area contributed by atoms with Gasteiger partial charge in [0.05, 0.1) is 5.52 Å². The van der Waals surface area contributed by atoms with Gasteiger partial charge in [0.2, 0.25) is 11.9 Å². The number of rotatable bonds is 4. The predicted octanol–water partition coefficient (Wildman–Crippen LogP) is 2.89. The third kappa shape index (κ3) is 3.58. The zero-order valence-corrected chi connectivity index (χ0v) is 17.8. The number of fused-ring (bicyclic) bond motifs is 3. The maximum absolute atomic E-state index is 12.2. The summed E-state index contributed by atoms with van der Waals surface area (Å²) in [7, 11) is 1.54. The first kappa shape index (κ1) is 19.7. The Balaban J connectivity index is 1.60. The SMILES string of the molecule is COCC(=O)N1CCN(c2nc3ccccc3c3nnc(-c4ccc(Cl)cc4)n23)CC1. The minimum atomic E-state index is 0.00455. The highest BCUT2D eigenvalue weighted by Crippen LogP contribution is 2.29. The zero-order valence-electron chi connectivity index (χ0n) is 17.0. The van der Waals surface area contributed by atoms with Crippen molar-refractivity contribution >= 4 is 40.0 Å². The molecule has 2 aromatic heterocycles. The molecule has 1 saturated heterocycles. The summed E-state index contributed by atoms with van der Waals surface area (Å²) < 4.78 is 6.99. The van der Waals surface area contributed by atoms with Crippen molar-refractivity contribution < 1.29 is 9.53 Å². The second-order valence-corrected chi connectivity index (χ2v) is 7.86. The summed E-state index contributed by atoms with van der Waals surface area (Å²) in [5.41, 5.74) is 2.52. The molecular weight excluding hydrogens is 416 g/mol. The minimum absolute atomic E-state index is 0.00455. The monoisotopic (exact) mass is 436 g/mol. The molecule has 0 radical (unpaired) electrons. The lowest BCUT2D eigenvalue weighted by Gasteiger charge is -2.35. The van der Waals surface area contributed by atoms with Gasteiger partial charge in [0.25, 0.3) is 0 Å². The topological polar surface area (TPSA) is 75.9 Å². The molecule has 0 unspecified atom stereocenters. The van der Waals surface area contributed by atoms with Gasteiger partial charge < -0.3 is 14.5 Å². The molecule has 1 fully saturated rings. The van der Waals surface area contributed by atoms with Gasteiger partial charge in [-0.2, -0.15) is 0 Å². The Morgan fingerprint density at radius 1 is 1.03 bits per heavy atom. The highest BCUT2D eigenvalue weighted by Gasteiger charge is 2.25. The Morgan fingerprint density at radius 2 is 1.77 bits per heavy atom. The molecular formula is C22H21ClN6O2. The number of methoxy groups -OCH3 is 1. The average Bonchev–Trinajstić information content (AvgIpc) is 3.25. The molecule has 0 bridgehead atoms. The Hall–Kier alpha value is -3.23. The number of carbonyl (C=O) groups excluding carboxylic acids is 1. The molecule has 31 heavy (non-hydrogen) atoms. The van der Waals surface area contributed by atoms with Crippen molar-refractivity contribution in [2.75, 3.05) is 44.8 Å². The quantitative estimate of drug-likeness (QED) is 0.489. The van der Waals surface area contributed by atoms with E-state index in [4.69, 9.17) is 21.3 Å². The van der Waals surface area contributed by atoms with Crippen LogP contribution in [0.15, 0.2) is 48.5 Å². The molecule has 1 amide bonds. The van der Waals surface area contributed by atoms with E-state index in [1.54, 1.807) is 0 Å². The number of halogens is 1. The van der Waals surface area contributed by atoms with E-state index in [9.17, 15) is 4.79 Å². The number of carbonyl (C=O) groups is 1. The molecule has 0 N–H and O–H groups in total. The molecule has 0 saturated carbocycles. The largest absolute Gasteiger partial charge is 0.375 e. The maximum atomic E-state index is 12.2. The van der Waals surface area contributed by atoms with Crippen LogP contribution in [0.5, 0.6) is 0 Å². The molecule has 0 aliphatic carbocycles. The molecule has 8 nitrogen and oxygen atoms in total. The lowest BCUT2D eigenvalue weighted by atomic mass is 10.2. The summed E-state index contributed by atoms with van der Waals surface area (Å²) in [5, 5.41) is 10.6. The summed E-state index contributed by atoms with van der Waals surface area (Å²) >= 11 is 6.08. The van der Waals surface area contributed by atoms with Crippen molar-refractivity contribution in [3.63, 3.8) is 0 Å². The molecule has 2 aromatic carbocycles. The van der Waals surface area contributed by atoms with Crippen LogP contribution in [0.25, 0.3) is 27.9 Å². The van der Waals surface area contributed by atoms with E-state index in [0.29, 0.717) is 37.0 Å². The van der Waals surface area contributed by atoms with Crippen LogP contribution in [0.1, 0.15) is 0 Å². The normalized spacial score (nSPS) is 14.5. The van der Waals surface area contributed by atoms with Gasteiger partial charge in [0.1, 0.15) is 6.61 Å². The van der Waals surface area contributed by atoms with E-state index < -0.39 is 0 Å². The van der Waals surface area contributed by atoms with E-state index >= 15 is 0 Å². The summed E-state index contributed by atoms with van der Waals surface area (Å²) in [6.07, 6.45) is 0. The van der Waals surface area contributed by atoms with E-state index in [-0.39, 0.29) is 12.5 Å². The third-order valence-corrected chi connectivity index (χ3v) is 5.77. The van der Waals surface area contributed by atoms with Gasteiger partial charge in [-0.05, 0) is 36.4 Å². The average molecular weight is 437 g/mol. The lowest BCUT2D eigenvalue weighted by molar-refractivity contribution is -0.135. The van der Waals surface area contributed by atoms with Crippen LogP contribution in [0.4, 0.5) is 5.95 Å². The molecule has 0 atom stereocenters. The fourth-order valence-corrected chi connectivity index (χ4v) is 4.06. The number of benzene rings is 2. The Labute approximate surface area is 184 Å². The van der Waals surface area contributed by atoms with Gasteiger partial charge >= 0.3 is 0 Å². The fourth-order valence-electron chi connectivity index (χ4n) is 3.93. The van der Waals surface area contributed by atoms with Crippen LogP contribution >= 0.6 is 11.6 Å². The van der Waals surface area contributed by atoms with Crippen molar-refractivity contribution in [3.8, 4) is 11.4 Å². The maximum Gasteiger partial charge on any atom is 0.248 e. The highest BCUT2D eigenvalue weighted by molar-refractivity contribution is 6.30. The Bertz CT molecular complexity index is 1250. The first-order valence-corrected chi connectivity index (χ1v) is 10.4. The number of piperazine rings is 1. The molecule has 1 aliphatic rings. The van der Waals surface area contributed by atoms with Crippen LogP contribution < -0.4 is 4.90 Å². The van der Waals surface area contributed by atoms with Gasteiger partial charge in [-0.15, -0.1) is 10.2 Å². The highest BCUT2D eigenvalue weighted by atomic mass is 35.5. The standard InChI is InChI=1S/C22H21ClN6O2/c1-31-14-19(30)27-10-12-28(13-11-27)22-24-18-5-3-2-4-17(18)21-26-25-20(29(21)22)15-6-8-16(23)9-7-15/h2-9H,10-14H2,1H3. The van der Waals surface area contributed by atoms with E-state index in [1.165, 1.54) is 7.11 Å². The summed E-state index contributed by atoms with van der Waals surface area (Å²) in [6.45, 7) is 2.64. The smallest absolute Gasteiger partial charge is 0.248 e. The number of aromatic nitrogens is 4. The molecule has 1 aliphatic heterocycles. The van der Waals surface area contributed by atoms with Crippen LogP contribution in [0.3, 0.4) is 0 Å². The zero-order chi connectivity index (χ0) is 21.4. The van der Waals surface area contributed by atoms with Gasteiger partial charge in [0, 0.05) is 49.3 Å². The number of para-hydroxylation sites is 1. The fraction of sp³-hybridized carbons (Fsp3) is 0.273. The summed E-state index contributed by atoms with van der Waals surface area (Å²) in [5.74, 6) is 1.48. The molecule has 4 aromatic rings.